The number of fused-ring (bicyclic) bond motifs is 1. The first kappa shape index (κ1) is 12.2. The van der Waals surface area contributed by atoms with Crippen LogP contribution in [0.1, 0.15) is 18.9 Å². The van der Waals surface area contributed by atoms with E-state index in [0.717, 1.165) is 15.5 Å². The zero-order valence-electron chi connectivity index (χ0n) is 10.7. The minimum absolute atomic E-state index is 0.280. The molecule has 0 amide bonds. The van der Waals surface area contributed by atoms with Crippen LogP contribution in [0, 0.1) is 0 Å². The maximum atomic E-state index is 6.02. The number of hydrogen-bond donors (Lipinski definition) is 1. The lowest BCUT2D eigenvalue weighted by molar-refractivity contribution is 0.512. The second kappa shape index (κ2) is 4.36. The van der Waals surface area contributed by atoms with Crippen LogP contribution in [0.3, 0.4) is 0 Å². The van der Waals surface area contributed by atoms with Gasteiger partial charge in [0.25, 0.3) is 0 Å². The fourth-order valence-electron chi connectivity index (χ4n) is 1.79. The largest absolute Gasteiger partial charge is 0.325 e. The van der Waals surface area contributed by atoms with E-state index in [1.165, 1.54) is 11.3 Å². The van der Waals surface area contributed by atoms with E-state index in [0.29, 0.717) is 12.2 Å². The summed E-state index contributed by atoms with van der Waals surface area (Å²) in [7, 11) is 0. The third-order valence-electron chi connectivity index (χ3n) is 2.56. The van der Waals surface area contributed by atoms with Crippen LogP contribution in [0.25, 0.3) is 16.3 Å². The number of hydrogen-bond acceptors (Lipinski definition) is 6. The molecule has 0 bridgehead atoms. The van der Waals surface area contributed by atoms with Crippen molar-refractivity contribution in [2.75, 3.05) is 0 Å². The average Bonchev–Trinajstić information content (AvgIpc) is 2.87. The van der Waals surface area contributed by atoms with E-state index in [1.54, 1.807) is 16.9 Å². The predicted octanol–water partition coefficient (Wildman–Crippen LogP) is 1.53. The summed E-state index contributed by atoms with van der Waals surface area (Å²) in [5, 5.41) is 13.8. The Hall–Kier alpha value is -1.86. The Morgan fingerprint density at radius 1 is 1.37 bits per heavy atom. The first-order valence-electron chi connectivity index (χ1n) is 5.93. The fraction of sp³-hybridized carbons (Fsp3) is 0.333. The molecule has 0 aliphatic heterocycles. The molecule has 3 aromatic heterocycles. The monoisotopic (exact) mass is 274 g/mol. The van der Waals surface area contributed by atoms with Crippen LogP contribution in [0.15, 0.2) is 24.5 Å². The van der Waals surface area contributed by atoms with Crippen LogP contribution < -0.4 is 5.73 Å². The van der Waals surface area contributed by atoms with Crippen molar-refractivity contribution in [3.8, 4) is 11.4 Å². The van der Waals surface area contributed by atoms with Gasteiger partial charge in [0.05, 0.1) is 0 Å². The van der Waals surface area contributed by atoms with Gasteiger partial charge in [-0.25, -0.2) is 0 Å². The molecule has 0 aromatic carbocycles. The number of aromatic nitrogens is 5. The van der Waals surface area contributed by atoms with Crippen LogP contribution in [0.2, 0.25) is 0 Å². The van der Waals surface area contributed by atoms with Crippen molar-refractivity contribution in [2.24, 2.45) is 5.73 Å². The highest BCUT2D eigenvalue weighted by Gasteiger charge is 2.18. The van der Waals surface area contributed by atoms with Crippen molar-refractivity contribution >= 4 is 16.3 Å². The van der Waals surface area contributed by atoms with Gasteiger partial charge in [0.1, 0.15) is 5.01 Å². The quantitative estimate of drug-likeness (QED) is 0.783. The lowest BCUT2D eigenvalue weighted by Crippen LogP contribution is -2.34. The average molecular weight is 274 g/mol. The third kappa shape index (κ3) is 2.47. The molecule has 0 aliphatic rings. The summed E-state index contributed by atoms with van der Waals surface area (Å²) in [6.45, 7) is 3.97. The first-order chi connectivity index (χ1) is 9.03. The Balaban J connectivity index is 2.04. The lowest BCUT2D eigenvalue weighted by atomic mass is 10.0. The molecule has 98 valence electrons. The van der Waals surface area contributed by atoms with E-state index < -0.39 is 0 Å². The highest BCUT2D eigenvalue weighted by molar-refractivity contribution is 7.16. The van der Waals surface area contributed by atoms with Crippen molar-refractivity contribution < 1.29 is 0 Å². The number of nitrogens with zero attached hydrogens (tertiary/aromatic N) is 5. The Bertz CT molecular complexity index is 694. The molecule has 19 heavy (non-hydrogen) atoms. The zero-order valence-corrected chi connectivity index (χ0v) is 11.6. The third-order valence-corrected chi connectivity index (χ3v) is 3.46. The van der Waals surface area contributed by atoms with E-state index in [4.69, 9.17) is 5.73 Å². The van der Waals surface area contributed by atoms with E-state index in [-0.39, 0.29) is 5.54 Å². The van der Waals surface area contributed by atoms with Crippen LogP contribution in [0.5, 0.6) is 0 Å². The van der Waals surface area contributed by atoms with E-state index >= 15 is 0 Å². The van der Waals surface area contributed by atoms with Gasteiger partial charge in [-0.1, -0.05) is 11.3 Å². The molecule has 3 heterocycles. The summed E-state index contributed by atoms with van der Waals surface area (Å²) in [4.78, 5) is 4.86. The topological polar surface area (TPSA) is 82.0 Å². The molecule has 0 unspecified atom stereocenters. The summed E-state index contributed by atoms with van der Waals surface area (Å²) in [5.41, 5.74) is 6.64. The van der Waals surface area contributed by atoms with Gasteiger partial charge >= 0.3 is 0 Å². The summed E-state index contributed by atoms with van der Waals surface area (Å²) < 4.78 is 1.75. The van der Waals surface area contributed by atoms with Gasteiger partial charge in [-0.3, -0.25) is 4.98 Å². The van der Waals surface area contributed by atoms with Crippen molar-refractivity contribution in [1.82, 2.24) is 24.8 Å². The van der Waals surface area contributed by atoms with Crippen LogP contribution >= 0.6 is 11.3 Å². The van der Waals surface area contributed by atoms with Gasteiger partial charge in [0, 0.05) is 29.9 Å². The summed E-state index contributed by atoms with van der Waals surface area (Å²) in [6, 6.07) is 3.81. The molecular formula is C12H14N6S. The molecule has 0 radical (unpaired) electrons. The minimum atomic E-state index is -0.280. The van der Waals surface area contributed by atoms with Gasteiger partial charge in [-0.05, 0) is 26.0 Å². The number of nitrogens with two attached hydrogens (primary N) is 1. The maximum Gasteiger partial charge on any atom is 0.234 e. The lowest BCUT2D eigenvalue weighted by Gasteiger charge is -2.15. The highest BCUT2D eigenvalue weighted by atomic mass is 32.1. The molecule has 3 aromatic rings. The van der Waals surface area contributed by atoms with E-state index in [1.807, 2.05) is 26.0 Å². The predicted molar refractivity (Wildman–Crippen MR) is 73.9 cm³/mol. The van der Waals surface area contributed by atoms with Crippen molar-refractivity contribution in [1.29, 1.82) is 0 Å². The normalized spacial score (nSPS) is 12.2. The van der Waals surface area contributed by atoms with Crippen LogP contribution in [-0.2, 0) is 6.42 Å². The second-order valence-electron chi connectivity index (χ2n) is 5.12. The summed E-state index contributed by atoms with van der Waals surface area (Å²) in [6.07, 6.45) is 4.20. The molecule has 0 aliphatic carbocycles. The second-order valence-corrected chi connectivity index (χ2v) is 6.16. The summed E-state index contributed by atoms with van der Waals surface area (Å²) >= 11 is 1.52. The van der Waals surface area contributed by atoms with E-state index in [2.05, 4.69) is 20.3 Å². The first-order valence-corrected chi connectivity index (χ1v) is 6.75. The van der Waals surface area contributed by atoms with Crippen LogP contribution in [0.4, 0.5) is 0 Å². The molecule has 0 saturated heterocycles. The molecule has 0 fully saturated rings. The van der Waals surface area contributed by atoms with Crippen molar-refractivity contribution in [3.05, 3.63) is 29.5 Å². The standard InChI is InChI=1S/C12H14N6S/c1-12(2,13)6-9-17-18-10(15-16-11(18)19-9)8-4-3-5-14-7-8/h3-5,7H,6,13H2,1-2H3. The van der Waals surface area contributed by atoms with Crippen molar-refractivity contribution in [3.63, 3.8) is 0 Å². The Kier molecular flexibility index (Phi) is 2.79. The Morgan fingerprint density at radius 3 is 2.89 bits per heavy atom. The van der Waals surface area contributed by atoms with Gasteiger partial charge < -0.3 is 5.73 Å². The smallest absolute Gasteiger partial charge is 0.234 e. The molecule has 3 rings (SSSR count). The van der Waals surface area contributed by atoms with Gasteiger partial charge in [-0.2, -0.15) is 9.61 Å². The Morgan fingerprint density at radius 2 is 2.21 bits per heavy atom. The maximum absolute atomic E-state index is 6.02. The number of rotatable bonds is 3. The minimum Gasteiger partial charge on any atom is -0.325 e. The highest BCUT2D eigenvalue weighted by Crippen LogP contribution is 2.22. The van der Waals surface area contributed by atoms with E-state index in [9.17, 15) is 0 Å². The zero-order chi connectivity index (χ0) is 13.5. The molecule has 7 heteroatoms. The SMILES string of the molecule is CC(C)(N)Cc1nn2c(-c3cccnc3)nnc2s1. The molecular weight excluding hydrogens is 260 g/mol. The molecule has 2 N–H and O–H groups in total. The molecule has 6 nitrogen and oxygen atoms in total. The summed E-state index contributed by atoms with van der Waals surface area (Å²) in [5.74, 6) is 0.709. The van der Waals surface area contributed by atoms with Crippen LogP contribution in [-0.4, -0.2) is 30.3 Å². The Labute approximate surface area is 114 Å². The molecule has 0 spiro atoms. The van der Waals surface area contributed by atoms with Gasteiger partial charge in [0.15, 0.2) is 5.82 Å². The molecule has 0 saturated carbocycles. The van der Waals surface area contributed by atoms with Crippen molar-refractivity contribution in [2.45, 2.75) is 25.8 Å². The van der Waals surface area contributed by atoms with Gasteiger partial charge in [-0.15, -0.1) is 10.2 Å². The fourth-order valence-corrected chi connectivity index (χ4v) is 2.87. The molecule has 0 atom stereocenters. The van der Waals surface area contributed by atoms with Gasteiger partial charge in [0.2, 0.25) is 4.96 Å². The number of pyridine rings is 1.